The van der Waals surface area contributed by atoms with Crippen LogP contribution in [0.2, 0.25) is 0 Å². The molecule has 0 aliphatic carbocycles. The van der Waals surface area contributed by atoms with Gasteiger partial charge in [0.1, 0.15) is 5.76 Å². The fourth-order valence-electron chi connectivity index (χ4n) is 1.61. The fourth-order valence-corrected chi connectivity index (χ4v) is 1.61. The summed E-state index contributed by atoms with van der Waals surface area (Å²) in [5, 5.41) is 16.8. The Balaban J connectivity index is 2.65. The fraction of sp³-hybridized carbons (Fsp3) is 0.727. The van der Waals surface area contributed by atoms with Crippen LogP contribution >= 0.6 is 0 Å². The van der Waals surface area contributed by atoms with E-state index >= 15 is 0 Å². The minimum absolute atomic E-state index is 0.141. The second kappa shape index (κ2) is 4.33. The maximum absolute atomic E-state index is 9.60. The van der Waals surface area contributed by atoms with Crippen molar-refractivity contribution >= 4 is 0 Å². The predicted molar refractivity (Wildman–Crippen MR) is 58.7 cm³/mol. The van der Waals surface area contributed by atoms with Gasteiger partial charge in [-0.05, 0) is 34.6 Å². The van der Waals surface area contributed by atoms with Gasteiger partial charge in [0.15, 0.2) is 0 Å². The van der Waals surface area contributed by atoms with Gasteiger partial charge in [-0.25, -0.2) is 0 Å². The molecule has 1 unspecified atom stereocenters. The molecule has 0 saturated carbocycles. The monoisotopic (exact) mass is 212 g/mol. The van der Waals surface area contributed by atoms with Gasteiger partial charge in [-0.2, -0.15) is 0 Å². The summed E-state index contributed by atoms with van der Waals surface area (Å²) >= 11 is 0. The molecule has 0 bridgehead atoms. The van der Waals surface area contributed by atoms with Crippen molar-refractivity contribution in [1.29, 1.82) is 0 Å². The van der Waals surface area contributed by atoms with E-state index in [4.69, 9.17) is 4.52 Å². The Kier molecular flexibility index (Phi) is 3.52. The quantitative estimate of drug-likeness (QED) is 0.797. The molecule has 15 heavy (non-hydrogen) atoms. The SMILES string of the molecule is Cc1noc(C)c1C(C)NCC(C)(C)O. The molecule has 1 heterocycles. The molecule has 1 aromatic heterocycles. The number of aryl methyl sites for hydroxylation is 2. The topological polar surface area (TPSA) is 58.3 Å². The molecule has 2 N–H and O–H groups in total. The van der Waals surface area contributed by atoms with E-state index in [-0.39, 0.29) is 6.04 Å². The first kappa shape index (κ1) is 12.2. The Morgan fingerprint density at radius 1 is 1.47 bits per heavy atom. The standard InChI is InChI=1S/C11H20N2O2/c1-7(12-6-11(4,5)14)10-8(2)13-15-9(10)3/h7,12,14H,6H2,1-5H3. The van der Waals surface area contributed by atoms with Crippen molar-refractivity contribution < 1.29 is 9.63 Å². The number of aromatic nitrogens is 1. The first-order valence-electron chi connectivity index (χ1n) is 5.20. The summed E-state index contributed by atoms with van der Waals surface area (Å²) in [4.78, 5) is 0. The Bertz CT molecular complexity index is 306. The highest BCUT2D eigenvalue weighted by Crippen LogP contribution is 2.21. The molecule has 0 aliphatic heterocycles. The molecule has 4 nitrogen and oxygen atoms in total. The molecule has 1 aromatic rings. The number of nitrogens with zero attached hydrogens (tertiary/aromatic N) is 1. The van der Waals surface area contributed by atoms with Crippen molar-refractivity contribution in [2.24, 2.45) is 0 Å². The molecule has 0 radical (unpaired) electrons. The third-order valence-corrected chi connectivity index (χ3v) is 2.36. The minimum Gasteiger partial charge on any atom is -0.389 e. The lowest BCUT2D eigenvalue weighted by Crippen LogP contribution is -2.36. The van der Waals surface area contributed by atoms with Gasteiger partial charge >= 0.3 is 0 Å². The summed E-state index contributed by atoms with van der Waals surface area (Å²) in [7, 11) is 0. The number of hydrogen-bond acceptors (Lipinski definition) is 4. The van der Waals surface area contributed by atoms with Crippen LogP contribution in [0, 0.1) is 13.8 Å². The molecule has 0 amide bonds. The van der Waals surface area contributed by atoms with Crippen LogP contribution < -0.4 is 5.32 Å². The zero-order chi connectivity index (χ0) is 11.6. The normalized spacial score (nSPS) is 14.3. The van der Waals surface area contributed by atoms with E-state index in [1.807, 2.05) is 20.8 Å². The molecule has 0 fully saturated rings. The summed E-state index contributed by atoms with van der Waals surface area (Å²) < 4.78 is 5.10. The smallest absolute Gasteiger partial charge is 0.138 e. The summed E-state index contributed by atoms with van der Waals surface area (Å²) in [6.45, 7) is 9.96. The lowest BCUT2D eigenvalue weighted by atomic mass is 10.1. The van der Waals surface area contributed by atoms with Crippen molar-refractivity contribution in [3.05, 3.63) is 17.0 Å². The van der Waals surface area contributed by atoms with Crippen LogP contribution in [0.1, 0.15) is 43.8 Å². The number of rotatable bonds is 4. The van der Waals surface area contributed by atoms with Gasteiger partial charge in [0.2, 0.25) is 0 Å². The van der Waals surface area contributed by atoms with Crippen LogP contribution in [0.5, 0.6) is 0 Å². The molecule has 86 valence electrons. The second-order valence-corrected chi connectivity index (χ2v) is 4.65. The lowest BCUT2D eigenvalue weighted by Gasteiger charge is -2.21. The Morgan fingerprint density at radius 2 is 2.07 bits per heavy atom. The van der Waals surface area contributed by atoms with E-state index in [2.05, 4.69) is 10.5 Å². The average molecular weight is 212 g/mol. The summed E-state index contributed by atoms with van der Waals surface area (Å²) in [6, 6.07) is 0.141. The Labute approximate surface area is 90.7 Å². The summed E-state index contributed by atoms with van der Waals surface area (Å²) in [6.07, 6.45) is 0. The third kappa shape index (κ3) is 3.32. The number of aliphatic hydroxyl groups is 1. The average Bonchev–Trinajstić information content (AvgIpc) is 2.41. The molecule has 0 spiro atoms. The van der Waals surface area contributed by atoms with E-state index in [0.29, 0.717) is 6.54 Å². The van der Waals surface area contributed by atoms with E-state index in [9.17, 15) is 5.11 Å². The van der Waals surface area contributed by atoms with Gasteiger partial charge in [0, 0.05) is 18.2 Å². The first-order chi connectivity index (χ1) is 6.81. The largest absolute Gasteiger partial charge is 0.389 e. The van der Waals surface area contributed by atoms with Gasteiger partial charge in [0.25, 0.3) is 0 Å². The van der Waals surface area contributed by atoms with Gasteiger partial charge < -0.3 is 14.9 Å². The molecule has 0 aliphatic rings. The molecule has 1 rings (SSSR count). The van der Waals surface area contributed by atoms with Gasteiger partial charge in [-0.1, -0.05) is 5.16 Å². The molecular weight excluding hydrogens is 192 g/mol. The highest BCUT2D eigenvalue weighted by Gasteiger charge is 2.19. The van der Waals surface area contributed by atoms with Crippen LogP contribution in [-0.2, 0) is 0 Å². The minimum atomic E-state index is -0.701. The lowest BCUT2D eigenvalue weighted by molar-refractivity contribution is 0.0769. The highest BCUT2D eigenvalue weighted by atomic mass is 16.5. The maximum atomic E-state index is 9.60. The van der Waals surface area contributed by atoms with Crippen molar-refractivity contribution in [2.45, 2.75) is 46.3 Å². The number of hydrogen-bond donors (Lipinski definition) is 2. The highest BCUT2D eigenvalue weighted by molar-refractivity contribution is 5.24. The molecule has 0 aromatic carbocycles. The zero-order valence-electron chi connectivity index (χ0n) is 10.1. The van der Waals surface area contributed by atoms with Crippen molar-refractivity contribution in [3.8, 4) is 0 Å². The maximum Gasteiger partial charge on any atom is 0.138 e. The van der Waals surface area contributed by atoms with Gasteiger partial charge in [-0.15, -0.1) is 0 Å². The van der Waals surface area contributed by atoms with E-state index in [1.54, 1.807) is 13.8 Å². The molecule has 1 atom stereocenters. The van der Waals surface area contributed by atoms with E-state index in [0.717, 1.165) is 17.0 Å². The van der Waals surface area contributed by atoms with Crippen LogP contribution in [-0.4, -0.2) is 22.4 Å². The predicted octanol–water partition coefficient (Wildman–Crippen LogP) is 1.71. The van der Waals surface area contributed by atoms with E-state index < -0.39 is 5.60 Å². The van der Waals surface area contributed by atoms with Crippen LogP contribution in [0.4, 0.5) is 0 Å². The molecule has 0 saturated heterocycles. The first-order valence-corrected chi connectivity index (χ1v) is 5.20. The van der Waals surface area contributed by atoms with Crippen LogP contribution in [0.3, 0.4) is 0 Å². The third-order valence-electron chi connectivity index (χ3n) is 2.36. The van der Waals surface area contributed by atoms with Crippen LogP contribution in [0.25, 0.3) is 0 Å². The van der Waals surface area contributed by atoms with Gasteiger partial charge in [0.05, 0.1) is 11.3 Å². The molecular formula is C11H20N2O2. The van der Waals surface area contributed by atoms with Crippen molar-refractivity contribution in [1.82, 2.24) is 10.5 Å². The van der Waals surface area contributed by atoms with Crippen molar-refractivity contribution in [3.63, 3.8) is 0 Å². The Hall–Kier alpha value is -0.870. The molecule has 4 heteroatoms. The van der Waals surface area contributed by atoms with Crippen LogP contribution in [0.15, 0.2) is 4.52 Å². The second-order valence-electron chi connectivity index (χ2n) is 4.65. The van der Waals surface area contributed by atoms with Crippen molar-refractivity contribution in [2.75, 3.05) is 6.54 Å². The van der Waals surface area contributed by atoms with Gasteiger partial charge in [-0.3, -0.25) is 0 Å². The Morgan fingerprint density at radius 3 is 2.47 bits per heavy atom. The summed E-state index contributed by atoms with van der Waals surface area (Å²) in [5.74, 6) is 0.836. The summed E-state index contributed by atoms with van der Waals surface area (Å²) in [5.41, 5.74) is 1.29. The zero-order valence-corrected chi connectivity index (χ0v) is 10.1. The number of nitrogens with one attached hydrogen (secondary N) is 1. The van der Waals surface area contributed by atoms with E-state index in [1.165, 1.54) is 0 Å².